The minimum atomic E-state index is -0.422. The molecular formula is C16H32N2O3. The van der Waals surface area contributed by atoms with Crippen molar-refractivity contribution >= 4 is 6.09 Å². The van der Waals surface area contributed by atoms with Gasteiger partial charge in [0.15, 0.2) is 0 Å². The van der Waals surface area contributed by atoms with Gasteiger partial charge in [-0.25, -0.2) is 4.79 Å². The summed E-state index contributed by atoms with van der Waals surface area (Å²) in [5.74, 6) is 0.608. The molecule has 1 heterocycles. The van der Waals surface area contributed by atoms with Crippen molar-refractivity contribution < 1.29 is 14.6 Å². The highest BCUT2D eigenvalue weighted by Gasteiger charge is 2.26. The number of ether oxygens (including phenoxy) is 1. The molecular weight excluding hydrogens is 268 g/mol. The maximum absolute atomic E-state index is 12.0. The summed E-state index contributed by atoms with van der Waals surface area (Å²) < 4.78 is 5.40. The lowest BCUT2D eigenvalue weighted by Gasteiger charge is -2.34. The van der Waals surface area contributed by atoms with Crippen molar-refractivity contribution in [3.63, 3.8) is 0 Å². The predicted octanol–water partition coefficient (Wildman–Crippen LogP) is 2.38. The largest absolute Gasteiger partial charge is 0.444 e. The average Bonchev–Trinajstić information content (AvgIpc) is 2.42. The van der Waals surface area contributed by atoms with Gasteiger partial charge >= 0.3 is 6.09 Å². The van der Waals surface area contributed by atoms with Crippen molar-refractivity contribution in [2.75, 3.05) is 26.2 Å². The van der Waals surface area contributed by atoms with Crippen LogP contribution in [0.4, 0.5) is 4.79 Å². The second-order valence-electron chi connectivity index (χ2n) is 6.94. The number of aliphatic hydroxyl groups is 1. The fourth-order valence-electron chi connectivity index (χ4n) is 2.59. The number of likely N-dealkylation sites (tertiary alicyclic amines) is 1. The molecule has 0 spiro atoms. The summed E-state index contributed by atoms with van der Waals surface area (Å²) in [6.07, 6.45) is 3.69. The molecule has 5 nitrogen and oxygen atoms in total. The van der Waals surface area contributed by atoms with Crippen LogP contribution in [-0.4, -0.2) is 54.0 Å². The van der Waals surface area contributed by atoms with E-state index in [-0.39, 0.29) is 12.7 Å². The number of carbonyl (C=O) groups excluding carboxylic acids is 1. The van der Waals surface area contributed by atoms with E-state index in [9.17, 15) is 4.79 Å². The molecule has 1 fully saturated rings. The Morgan fingerprint density at radius 2 is 2.00 bits per heavy atom. The molecule has 1 atom stereocenters. The summed E-state index contributed by atoms with van der Waals surface area (Å²) in [4.78, 5) is 13.8. The Hall–Kier alpha value is -0.810. The van der Waals surface area contributed by atoms with Crippen molar-refractivity contribution in [2.45, 2.75) is 65.0 Å². The quantitative estimate of drug-likeness (QED) is 0.790. The van der Waals surface area contributed by atoms with E-state index >= 15 is 0 Å². The summed E-state index contributed by atoms with van der Waals surface area (Å²) >= 11 is 0. The summed E-state index contributed by atoms with van der Waals surface area (Å²) in [7, 11) is 0. The fourth-order valence-corrected chi connectivity index (χ4v) is 2.59. The summed E-state index contributed by atoms with van der Waals surface area (Å²) in [5.41, 5.74) is -0.422. The van der Waals surface area contributed by atoms with Gasteiger partial charge in [0.2, 0.25) is 0 Å². The van der Waals surface area contributed by atoms with Gasteiger partial charge in [0.05, 0.1) is 0 Å². The maximum atomic E-state index is 12.0. The Morgan fingerprint density at radius 1 is 1.38 bits per heavy atom. The van der Waals surface area contributed by atoms with Gasteiger partial charge in [0, 0.05) is 25.7 Å². The maximum Gasteiger partial charge on any atom is 0.410 e. The first kappa shape index (κ1) is 18.2. The van der Waals surface area contributed by atoms with E-state index in [0.29, 0.717) is 12.0 Å². The number of hydrogen-bond donors (Lipinski definition) is 2. The molecule has 0 saturated carbocycles. The lowest BCUT2D eigenvalue weighted by molar-refractivity contribution is 0.0183. The van der Waals surface area contributed by atoms with Crippen LogP contribution < -0.4 is 5.32 Å². The van der Waals surface area contributed by atoms with Crippen molar-refractivity contribution in [3.05, 3.63) is 0 Å². The van der Waals surface area contributed by atoms with Crippen molar-refractivity contribution in [3.8, 4) is 0 Å². The molecule has 0 bridgehead atoms. The topological polar surface area (TPSA) is 61.8 Å². The van der Waals surface area contributed by atoms with Crippen molar-refractivity contribution in [1.82, 2.24) is 10.2 Å². The highest BCUT2D eigenvalue weighted by molar-refractivity contribution is 5.68. The minimum absolute atomic E-state index is 0.194. The number of nitrogens with one attached hydrogen (secondary N) is 1. The molecule has 1 aliphatic rings. The number of rotatable bonds is 6. The van der Waals surface area contributed by atoms with E-state index in [1.165, 1.54) is 0 Å². The molecule has 0 aromatic rings. The number of hydrogen-bond acceptors (Lipinski definition) is 4. The third kappa shape index (κ3) is 7.14. The Balaban J connectivity index is 2.27. The molecule has 1 unspecified atom stereocenters. The van der Waals surface area contributed by atoms with Crippen LogP contribution in [0, 0.1) is 5.92 Å². The van der Waals surface area contributed by atoms with Gasteiger partial charge in [-0.05, 0) is 58.9 Å². The second-order valence-corrected chi connectivity index (χ2v) is 6.94. The summed E-state index contributed by atoms with van der Waals surface area (Å²) in [5, 5.41) is 12.5. The standard InChI is InChI=1S/C16H32N2O3/c1-5-14(8-11-19)17-12-13-6-9-18(10-7-13)15(20)21-16(2,3)4/h13-14,17,19H,5-12H2,1-4H3. The van der Waals surface area contributed by atoms with Gasteiger partial charge < -0.3 is 20.1 Å². The number of amides is 1. The molecule has 1 amide bonds. The first-order chi connectivity index (χ1) is 9.85. The number of nitrogens with zero attached hydrogens (tertiary/aromatic N) is 1. The minimum Gasteiger partial charge on any atom is -0.444 e. The first-order valence-corrected chi connectivity index (χ1v) is 8.18. The van der Waals surface area contributed by atoms with Crippen molar-refractivity contribution in [2.24, 2.45) is 5.92 Å². The van der Waals surface area contributed by atoms with Gasteiger partial charge in [-0.3, -0.25) is 0 Å². The third-order valence-corrected chi connectivity index (χ3v) is 3.93. The van der Waals surface area contributed by atoms with E-state index in [4.69, 9.17) is 9.84 Å². The monoisotopic (exact) mass is 300 g/mol. The zero-order valence-corrected chi connectivity index (χ0v) is 14.0. The first-order valence-electron chi connectivity index (χ1n) is 8.18. The van der Waals surface area contributed by atoms with E-state index in [0.717, 1.165) is 45.3 Å². The Labute approximate surface area is 129 Å². The van der Waals surface area contributed by atoms with Crippen LogP contribution in [0.15, 0.2) is 0 Å². The number of carbonyl (C=O) groups is 1. The Bertz CT molecular complexity index is 307. The van der Waals surface area contributed by atoms with Gasteiger partial charge in [-0.15, -0.1) is 0 Å². The Kier molecular flexibility index (Phi) is 7.46. The van der Waals surface area contributed by atoms with Gasteiger partial charge in [-0.2, -0.15) is 0 Å². The molecule has 124 valence electrons. The lowest BCUT2D eigenvalue weighted by atomic mass is 9.96. The zero-order valence-electron chi connectivity index (χ0n) is 14.0. The smallest absolute Gasteiger partial charge is 0.410 e. The second kappa shape index (κ2) is 8.59. The molecule has 1 saturated heterocycles. The molecule has 21 heavy (non-hydrogen) atoms. The summed E-state index contributed by atoms with van der Waals surface area (Å²) in [6.45, 7) is 10.6. The lowest BCUT2D eigenvalue weighted by Crippen LogP contribution is -2.44. The molecule has 0 aliphatic carbocycles. The van der Waals surface area contributed by atoms with Crippen LogP contribution in [0.5, 0.6) is 0 Å². The highest BCUT2D eigenvalue weighted by Crippen LogP contribution is 2.19. The number of piperidine rings is 1. The Morgan fingerprint density at radius 3 is 2.48 bits per heavy atom. The van der Waals surface area contributed by atoms with Gasteiger partial charge in [-0.1, -0.05) is 6.92 Å². The fraction of sp³-hybridized carbons (Fsp3) is 0.938. The normalized spacial score (nSPS) is 18.6. The van der Waals surface area contributed by atoms with Crippen LogP contribution in [0.2, 0.25) is 0 Å². The van der Waals surface area contributed by atoms with Crippen LogP contribution in [0.1, 0.15) is 53.4 Å². The predicted molar refractivity (Wildman–Crippen MR) is 84.3 cm³/mol. The van der Waals surface area contributed by atoms with Gasteiger partial charge in [0.25, 0.3) is 0 Å². The third-order valence-electron chi connectivity index (χ3n) is 3.93. The SMILES string of the molecule is CCC(CCO)NCC1CCN(C(=O)OC(C)(C)C)CC1. The van der Waals surface area contributed by atoms with E-state index < -0.39 is 5.60 Å². The van der Waals surface area contributed by atoms with Crippen LogP contribution in [-0.2, 0) is 4.74 Å². The molecule has 5 heteroatoms. The van der Waals surface area contributed by atoms with Crippen LogP contribution in [0.25, 0.3) is 0 Å². The molecule has 0 aromatic carbocycles. The zero-order chi connectivity index (χ0) is 15.9. The number of aliphatic hydroxyl groups excluding tert-OH is 1. The summed E-state index contributed by atoms with van der Waals surface area (Å²) in [6, 6.07) is 0.402. The van der Waals surface area contributed by atoms with E-state index in [1.807, 2.05) is 25.7 Å². The molecule has 1 rings (SSSR count). The van der Waals surface area contributed by atoms with E-state index in [2.05, 4.69) is 12.2 Å². The van der Waals surface area contributed by atoms with Crippen LogP contribution >= 0.6 is 0 Å². The van der Waals surface area contributed by atoms with Crippen LogP contribution in [0.3, 0.4) is 0 Å². The molecule has 1 aliphatic heterocycles. The molecule has 0 radical (unpaired) electrons. The molecule has 0 aromatic heterocycles. The van der Waals surface area contributed by atoms with E-state index in [1.54, 1.807) is 0 Å². The average molecular weight is 300 g/mol. The molecule has 2 N–H and O–H groups in total. The van der Waals surface area contributed by atoms with Gasteiger partial charge in [0.1, 0.15) is 5.60 Å². The highest BCUT2D eigenvalue weighted by atomic mass is 16.6. The van der Waals surface area contributed by atoms with Crippen molar-refractivity contribution in [1.29, 1.82) is 0 Å².